The van der Waals surface area contributed by atoms with Gasteiger partial charge in [-0.05, 0) is 130 Å². The van der Waals surface area contributed by atoms with Crippen LogP contribution in [-0.4, -0.2) is 36.2 Å². The van der Waals surface area contributed by atoms with Crippen molar-refractivity contribution in [3.05, 3.63) is 12.2 Å². The Bertz CT molecular complexity index is 1140. The van der Waals surface area contributed by atoms with Gasteiger partial charge >= 0.3 is 17.9 Å². The zero-order valence-electron chi connectivity index (χ0n) is 28.1. The van der Waals surface area contributed by atoms with E-state index in [1.807, 2.05) is 0 Å². The highest BCUT2D eigenvalue weighted by Crippen LogP contribution is 2.77. The van der Waals surface area contributed by atoms with Gasteiger partial charge in [0.1, 0.15) is 6.10 Å². The largest absolute Gasteiger partial charge is 0.481 e. The summed E-state index contributed by atoms with van der Waals surface area (Å²) in [7, 11) is 1.57. The highest BCUT2D eigenvalue weighted by molar-refractivity contribution is 5.78. The van der Waals surface area contributed by atoms with Gasteiger partial charge in [0.2, 0.25) is 0 Å². The maximum absolute atomic E-state index is 13.5. The first-order valence-corrected chi connectivity index (χ1v) is 17.2. The molecular weight excluding hydrogens is 540 g/mol. The second-order valence-electron chi connectivity index (χ2n) is 16.8. The monoisotopic (exact) mass is 598 g/mol. The van der Waals surface area contributed by atoms with Gasteiger partial charge in [0.05, 0.1) is 12.5 Å². The van der Waals surface area contributed by atoms with Crippen LogP contribution in [-0.2, 0) is 23.9 Å². The van der Waals surface area contributed by atoms with E-state index in [1.54, 1.807) is 7.11 Å². The van der Waals surface area contributed by atoms with E-state index in [0.717, 1.165) is 44.9 Å². The van der Waals surface area contributed by atoms with Crippen LogP contribution in [0.4, 0.5) is 0 Å². The molecule has 0 amide bonds. The summed E-state index contributed by atoms with van der Waals surface area (Å²) in [6, 6.07) is 0. The molecule has 6 heteroatoms. The number of fused-ring (bicyclic) bond motifs is 7. The van der Waals surface area contributed by atoms with E-state index in [1.165, 1.54) is 24.8 Å². The summed E-state index contributed by atoms with van der Waals surface area (Å²) in [5.74, 6) is 1.31. The first-order valence-electron chi connectivity index (χ1n) is 17.2. The highest BCUT2D eigenvalue weighted by atomic mass is 16.5. The van der Waals surface area contributed by atoms with Crippen molar-refractivity contribution in [2.75, 3.05) is 7.11 Å². The summed E-state index contributed by atoms with van der Waals surface area (Å²) in [6.45, 7) is 19.0. The summed E-state index contributed by atoms with van der Waals surface area (Å²) in [5, 5.41) is 8.90. The molecule has 43 heavy (non-hydrogen) atoms. The predicted octanol–water partition coefficient (Wildman–Crippen LogP) is 8.37. The Morgan fingerprint density at radius 3 is 2.16 bits per heavy atom. The molecule has 1 N–H and O–H groups in total. The number of ether oxygens (including phenoxy) is 2. The van der Waals surface area contributed by atoms with Crippen molar-refractivity contribution in [2.45, 2.75) is 138 Å². The number of hydrogen-bond donors (Lipinski definition) is 1. The van der Waals surface area contributed by atoms with Crippen LogP contribution in [0.25, 0.3) is 0 Å². The topological polar surface area (TPSA) is 89.9 Å². The van der Waals surface area contributed by atoms with E-state index >= 15 is 0 Å². The number of aliphatic carboxylic acids is 1. The van der Waals surface area contributed by atoms with E-state index in [-0.39, 0.29) is 51.5 Å². The lowest BCUT2D eigenvalue weighted by atomic mass is 9.32. The molecule has 0 aromatic rings. The number of unbranched alkanes of at least 4 members (excludes halogenated alkanes) is 1. The highest BCUT2D eigenvalue weighted by Gasteiger charge is 2.72. The van der Waals surface area contributed by atoms with E-state index < -0.39 is 5.97 Å². The molecule has 0 spiro atoms. The van der Waals surface area contributed by atoms with Crippen LogP contribution < -0.4 is 0 Å². The predicted molar refractivity (Wildman–Crippen MR) is 167 cm³/mol. The molecular formula is C37H58O6. The van der Waals surface area contributed by atoms with Gasteiger partial charge in [-0.1, -0.05) is 46.8 Å². The van der Waals surface area contributed by atoms with Gasteiger partial charge in [0, 0.05) is 18.3 Å². The molecule has 5 aliphatic rings. The van der Waals surface area contributed by atoms with Crippen molar-refractivity contribution in [1.82, 2.24) is 0 Å². The van der Waals surface area contributed by atoms with Crippen LogP contribution in [0, 0.1) is 56.7 Å². The second kappa shape index (κ2) is 11.2. The summed E-state index contributed by atoms with van der Waals surface area (Å²) in [6.07, 6.45) is 12.0. The third-order valence-electron chi connectivity index (χ3n) is 14.9. The van der Waals surface area contributed by atoms with Crippen molar-refractivity contribution in [3.63, 3.8) is 0 Å². The molecule has 0 aliphatic heterocycles. The van der Waals surface area contributed by atoms with Gasteiger partial charge in [0.15, 0.2) is 0 Å². The Morgan fingerprint density at radius 2 is 1.51 bits per heavy atom. The average molecular weight is 599 g/mol. The van der Waals surface area contributed by atoms with Crippen LogP contribution in [0.15, 0.2) is 12.2 Å². The number of carboxylic acids is 1. The van der Waals surface area contributed by atoms with Crippen LogP contribution in [0.1, 0.15) is 131 Å². The van der Waals surface area contributed by atoms with Gasteiger partial charge in [-0.2, -0.15) is 0 Å². The van der Waals surface area contributed by atoms with Crippen LogP contribution in [0.3, 0.4) is 0 Å². The fourth-order valence-corrected chi connectivity index (χ4v) is 12.6. The Hall–Kier alpha value is -1.85. The minimum atomic E-state index is -0.817. The zero-order valence-corrected chi connectivity index (χ0v) is 28.1. The third-order valence-corrected chi connectivity index (χ3v) is 14.9. The lowest BCUT2D eigenvalue weighted by Gasteiger charge is -2.72. The lowest BCUT2D eigenvalue weighted by Crippen LogP contribution is -2.67. The Kier molecular flexibility index (Phi) is 8.47. The van der Waals surface area contributed by atoms with Crippen molar-refractivity contribution >= 4 is 17.9 Å². The molecule has 10 atom stereocenters. The molecule has 0 saturated heterocycles. The summed E-state index contributed by atoms with van der Waals surface area (Å²) < 4.78 is 11.7. The van der Waals surface area contributed by atoms with Gasteiger partial charge in [-0.3, -0.25) is 14.4 Å². The number of hydrogen-bond acceptors (Lipinski definition) is 5. The summed E-state index contributed by atoms with van der Waals surface area (Å²) >= 11 is 0. The maximum atomic E-state index is 13.5. The van der Waals surface area contributed by atoms with E-state index in [2.05, 4.69) is 48.1 Å². The average Bonchev–Trinajstić information content (AvgIpc) is 3.34. The smallest absolute Gasteiger partial charge is 0.312 e. The fraction of sp³-hybridized carbons (Fsp3) is 0.865. The van der Waals surface area contributed by atoms with Gasteiger partial charge in [-0.25, -0.2) is 0 Å². The second-order valence-corrected chi connectivity index (χ2v) is 16.8. The molecule has 3 unspecified atom stereocenters. The standard InChI is InChI=1S/C37H58O6/c1-23(2)24-15-20-37(32(41)42-8)22-21-35(6)25(31(24)37)13-14-27-34(5)18-17-28(43-30(40)12-10-9-11-29(38)39)33(3,4)26(34)16-19-36(27,35)7/h24-28,31H,1,9-22H2,2-8H3,(H,38,39)/t24?,25?,26-,27+,28-,31?,34-,35+,36+,37-/m0/s1. The van der Waals surface area contributed by atoms with E-state index in [9.17, 15) is 14.4 Å². The Labute approximate surface area is 260 Å². The fourth-order valence-electron chi connectivity index (χ4n) is 12.6. The Balaban J connectivity index is 1.38. The molecule has 5 aliphatic carbocycles. The molecule has 0 radical (unpaired) electrons. The number of carboxylic acid groups (broad SMARTS) is 1. The lowest BCUT2D eigenvalue weighted by molar-refractivity contribution is -0.250. The maximum Gasteiger partial charge on any atom is 0.312 e. The molecule has 0 bridgehead atoms. The normalized spacial score (nSPS) is 44.6. The van der Waals surface area contributed by atoms with Crippen molar-refractivity contribution < 1.29 is 29.0 Å². The SMILES string of the molecule is C=C(C)C1CC[C@]2(C(=O)OC)CC[C@]3(C)C(CC[C@@H]4[C@@]5(C)CC[C@H](OC(=O)CCCCC(=O)O)C(C)(C)[C@@H]5CC[C@]43C)C12. The third kappa shape index (κ3) is 4.82. The van der Waals surface area contributed by atoms with Gasteiger partial charge < -0.3 is 14.6 Å². The van der Waals surface area contributed by atoms with Crippen LogP contribution >= 0.6 is 0 Å². The van der Waals surface area contributed by atoms with E-state index in [0.29, 0.717) is 48.9 Å². The molecule has 242 valence electrons. The molecule has 5 rings (SSSR count). The summed E-state index contributed by atoms with van der Waals surface area (Å²) in [4.78, 5) is 37.1. The minimum absolute atomic E-state index is 0.0164. The molecule has 0 aromatic heterocycles. The number of carbonyl (C=O) groups excluding carboxylic acids is 2. The van der Waals surface area contributed by atoms with Crippen LogP contribution in [0.2, 0.25) is 0 Å². The van der Waals surface area contributed by atoms with E-state index in [4.69, 9.17) is 14.6 Å². The molecule has 0 heterocycles. The van der Waals surface area contributed by atoms with Gasteiger partial charge in [0.25, 0.3) is 0 Å². The first kappa shape index (κ1) is 32.5. The van der Waals surface area contributed by atoms with Crippen molar-refractivity contribution in [3.8, 4) is 0 Å². The molecule has 5 fully saturated rings. The van der Waals surface area contributed by atoms with Crippen molar-refractivity contribution in [1.29, 1.82) is 0 Å². The zero-order chi connectivity index (χ0) is 31.6. The molecule has 0 aromatic carbocycles. The van der Waals surface area contributed by atoms with Crippen molar-refractivity contribution in [2.24, 2.45) is 56.7 Å². The minimum Gasteiger partial charge on any atom is -0.481 e. The number of methoxy groups -OCH3 is 1. The number of carbonyl (C=O) groups is 3. The number of rotatable bonds is 8. The molecule has 5 saturated carbocycles. The van der Waals surface area contributed by atoms with Crippen LogP contribution in [0.5, 0.6) is 0 Å². The number of allylic oxidation sites excluding steroid dienone is 1. The van der Waals surface area contributed by atoms with Gasteiger partial charge in [-0.15, -0.1) is 0 Å². The number of esters is 2. The summed E-state index contributed by atoms with van der Waals surface area (Å²) in [5.41, 5.74) is 1.29. The molecule has 6 nitrogen and oxygen atoms in total. The first-order chi connectivity index (χ1) is 20.1. The Morgan fingerprint density at radius 1 is 0.814 bits per heavy atom. The quantitative estimate of drug-likeness (QED) is 0.171.